The van der Waals surface area contributed by atoms with E-state index >= 15 is 0 Å². The van der Waals surface area contributed by atoms with E-state index in [0.29, 0.717) is 11.4 Å². The number of sulfonamides is 1. The number of piperazine rings is 1. The third kappa shape index (κ3) is 3.63. The normalized spacial score (nSPS) is 14.8. The molecule has 7 heteroatoms. The Labute approximate surface area is 165 Å². The minimum atomic E-state index is -3.73. The highest BCUT2D eigenvalue weighted by Gasteiger charge is 2.19. The average molecular weight is 398 g/mol. The molecule has 1 saturated heterocycles. The zero-order valence-corrected chi connectivity index (χ0v) is 16.5. The standard InChI is InChI=1S/C21H23N3O3S/c1-27-16-5-4-6-17(15-16)28(25,26)23-20-9-10-21(24-13-11-22-12-14-24)19-8-3-2-7-18(19)20/h2-10,15,22-23H,11-14H2,1H3. The number of anilines is 2. The van der Waals surface area contributed by atoms with Crippen LogP contribution in [0.2, 0.25) is 0 Å². The van der Waals surface area contributed by atoms with Crippen LogP contribution in [0.3, 0.4) is 0 Å². The molecule has 0 atom stereocenters. The molecule has 1 aliphatic rings. The van der Waals surface area contributed by atoms with Gasteiger partial charge in [-0.3, -0.25) is 4.72 Å². The summed E-state index contributed by atoms with van der Waals surface area (Å²) in [6, 6.07) is 18.2. The molecule has 3 aromatic rings. The quantitative estimate of drug-likeness (QED) is 0.692. The van der Waals surface area contributed by atoms with E-state index in [1.165, 1.54) is 13.2 Å². The van der Waals surface area contributed by atoms with Crippen molar-refractivity contribution in [2.24, 2.45) is 0 Å². The Hall–Kier alpha value is -2.77. The van der Waals surface area contributed by atoms with Crippen molar-refractivity contribution in [2.75, 3.05) is 42.9 Å². The lowest BCUT2D eigenvalue weighted by atomic mass is 10.1. The molecule has 28 heavy (non-hydrogen) atoms. The summed E-state index contributed by atoms with van der Waals surface area (Å²) >= 11 is 0. The van der Waals surface area contributed by atoms with Crippen LogP contribution in [0.25, 0.3) is 10.8 Å². The average Bonchev–Trinajstić information content (AvgIpc) is 2.74. The van der Waals surface area contributed by atoms with Crippen molar-refractivity contribution in [3.05, 3.63) is 60.7 Å². The fourth-order valence-corrected chi connectivity index (χ4v) is 4.64. The van der Waals surface area contributed by atoms with Gasteiger partial charge < -0.3 is 15.0 Å². The molecule has 0 bridgehead atoms. The van der Waals surface area contributed by atoms with E-state index in [2.05, 4.69) is 14.9 Å². The molecule has 6 nitrogen and oxygen atoms in total. The number of nitrogens with one attached hydrogen (secondary N) is 2. The molecule has 0 aliphatic carbocycles. The predicted octanol–water partition coefficient (Wildman–Crippen LogP) is 3.06. The van der Waals surface area contributed by atoms with Gasteiger partial charge in [0.2, 0.25) is 0 Å². The Kier molecular flexibility index (Phi) is 5.11. The zero-order chi connectivity index (χ0) is 19.6. The summed E-state index contributed by atoms with van der Waals surface area (Å²) in [7, 11) is -2.21. The number of fused-ring (bicyclic) bond motifs is 1. The molecule has 0 radical (unpaired) electrons. The number of hydrogen-bond acceptors (Lipinski definition) is 5. The summed E-state index contributed by atoms with van der Waals surface area (Å²) in [6.45, 7) is 3.74. The number of nitrogens with zero attached hydrogens (tertiary/aromatic N) is 1. The van der Waals surface area contributed by atoms with Gasteiger partial charge in [-0.15, -0.1) is 0 Å². The van der Waals surface area contributed by atoms with Crippen LogP contribution in [0, 0.1) is 0 Å². The van der Waals surface area contributed by atoms with E-state index in [1.807, 2.05) is 36.4 Å². The molecule has 3 aromatic carbocycles. The first-order valence-electron chi connectivity index (χ1n) is 9.23. The third-order valence-corrected chi connectivity index (χ3v) is 6.32. The second kappa shape index (κ2) is 7.69. The molecule has 0 saturated carbocycles. The van der Waals surface area contributed by atoms with E-state index in [9.17, 15) is 8.42 Å². The van der Waals surface area contributed by atoms with Crippen LogP contribution in [0.15, 0.2) is 65.6 Å². The lowest BCUT2D eigenvalue weighted by molar-refractivity contribution is 0.413. The van der Waals surface area contributed by atoms with E-state index < -0.39 is 10.0 Å². The van der Waals surface area contributed by atoms with Gasteiger partial charge in [-0.05, 0) is 24.3 Å². The molecule has 4 rings (SSSR count). The molecule has 0 spiro atoms. The first kappa shape index (κ1) is 18.6. The molecule has 2 N–H and O–H groups in total. The minimum absolute atomic E-state index is 0.169. The van der Waals surface area contributed by atoms with Gasteiger partial charge in [0, 0.05) is 48.7 Å². The number of methoxy groups -OCH3 is 1. The van der Waals surface area contributed by atoms with Crippen LogP contribution in [0.5, 0.6) is 5.75 Å². The monoisotopic (exact) mass is 397 g/mol. The molecule has 0 aromatic heterocycles. The van der Waals surface area contributed by atoms with Crippen molar-refractivity contribution in [3.8, 4) is 5.75 Å². The summed E-state index contributed by atoms with van der Waals surface area (Å²) < 4.78 is 33.7. The van der Waals surface area contributed by atoms with Crippen molar-refractivity contribution in [3.63, 3.8) is 0 Å². The van der Waals surface area contributed by atoms with Gasteiger partial charge in [0.05, 0.1) is 17.7 Å². The Bertz CT molecular complexity index is 1090. The number of benzene rings is 3. The van der Waals surface area contributed by atoms with E-state index in [4.69, 9.17) is 4.74 Å². The largest absolute Gasteiger partial charge is 0.497 e. The highest BCUT2D eigenvalue weighted by Crippen LogP contribution is 2.34. The maximum atomic E-state index is 12.9. The summed E-state index contributed by atoms with van der Waals surface area (Å²) in [4.78, 5) is 2.50. The molecular weight excluding hydrogens is 374 g/mol. The fourth-order valence-electron chi connectivity index (χ4n) is 3.53. The maximum absolute atomic E-state index is 12.9. The van der Waals surface area contributed by atoms with E-state index in [-0.39, 0.29) is 4.90 Å². The Morgan fingerprint density at radius 3 is 2.46 bits per heavy atom. The van der Waals surface area contributed by atoms with Crippen LogP contribution < -0.4 is 19.7 Å². The van der Waals surface area contributed by atoms with Crippen LogP contribution >= 0.6 is 0 Å². The molecule has 1 heterocycles. The fraction of sp³-hybridized carbons (Fsp3) is 0.238. The van der Waals surface area contributed by atoms with Gasteiger partial charge in [-0.2, -0.15) is 0 Å². The Morgan fingerprint density at radius 1 is 0.964 bits per heavy atom. The first-order chi connectivity index (χ1) is 13.6. The molecule has 1 aliphatic heterocycles. The molecule has 0 amide bonds. The summed E-state index contributed by atoms with van der Waals surface area (Å²) in [5, 5.41) is 5.28. The Morgan fingerprint density at radius 2 is 1.71 bits per heavy atom. The highest BCUT2D eigenvalue weighted by molar-refractivity contribution is 7.92. The lowest BCUT2D eigenvalue weighted by Crippen LogP contribution is -2.43. The Balaban J connectivity index is 1.73. The first-order valence-corrected chi connectivity index (χ1v) is 10.7. The molecule has 146 valence electrons. The van der Waals surface area contributed by atoms with Crippen molar-refractivity contribution in [1.29, 1.82) is 0 Å². The molecule has 1 fully saturated rings. The van der Waals surface area contributed by atoms with Crippen molar-refractivity contribution >= 4 is 32.2 Å². The van der Waals surface area contributed by atoms with Crippen LogP contribution in [-0.4, -0.2) is 41.7 Å². The van der Waals surface area contributed by atoms with Gasteiger partial charge >= 0.3 is 0 Å². The number of rotatable bonds is 5. The zero-order valence-electron chi connectivity index (χ0n) is 15.7. The van der Waals surface area contributed by atoms with Crippen LogP contribution in [0.4, 0.5) is 11.4 Å². The summed E-state index contributed by atoms with van der Waals surface area (Å²) in [5.74, 6) is 0.502. The van der Waals surface area contributed by atoms with E-state index in [0.717, 1.165) is 42.6 Å². The lowest BCUT2D eigenvalue weighted by Gasteiger charge is -2.30. The highest BCUT2D eigenvalue weighted by atomic mass is 32.2. The molecule has 0 unspecified atom stereocenters. The number of ether oxygens (including phenoxy) is 1. The van der Waals surface area contributed by atoms with Gasteiger partial charge in [0.25, 0.3) is 10.0 Å². The minimum Gasteiger partial charge on any atom is -0.497 e. The SMILES string of the molecule is COc1cccc(S(=O)(=O)Nc2ccc(N3CCNCC3)c3ccccc23)c1. The van der Waals surface area contributed by atoms with Gasteiger partial charge in [0.15, 0.2) is 0 Å². The second-order valence-corrected chi connectivity index (χ2v) is 8.38. The maximum Gasteiger partial charge on any atom is 0.262 e. The van der Waals surface area contributed by atoms with Crippen molar-refractivity contribution in [1.82, 2.24) is 5.32 Å². The van der Waals surface area contributed by atoms with Crippen LogP contribution in [-0.2, 0) is 10.0 Å². The predicted molar refractivity (Wildman–Crippen MR) is 113 cm³/mol. The van der Waals surface area contributed by atoms with E-state index in [1.54, 1.807) is 18.2 Å². The smallest absolute Gasteiger partial charge is 0.262 e. The van der Waals surface area contributed by atoms with Gasteiger partial charge in [-0.1, -0.05) is 30.3 Å². The van der Waals surface area contributed by atoms with Crippen molar-refractivity contribution < 1.29 is 13.2 Å². The summed E-state index contributed by atoms with van der Waals surface area (Å²) in [5.41, 5.74) is 1.69. The molecular formula is C21H23N3O3S. The summed E-state index contributed by atoms with van der Waals surface area (Å²) in [6.07, 6.45) is 0. The van der Waals surface area contributed by atoms with Crippen molar-refractivity contribution in [2.45, 2.75) is 4.90 Å². The second-order valence-electron chi connectivity index (χ2n) is 6.70. The topological polar surface area (TPSA) is 70.7 Å². The van der Waals surface area contributed by atoms with Crippen LogP contribution in [0.1, 0.15) is 0 Å². The van der Waals surface area contributed by atoms with Gasteiger partial charge in [-0.25, -0.2) is 8.42 Å². The van der Waals surface area contributed by atoms with Gasteiger partial charge in [0.1, 0.15) is 5.75 Å². The third-order valence-electron chi connectivity index (χ3n) is 4.95. The number of hydrogen-bond donors (Lipinski definition) is 2.